The van der Waals surface area contributed by atoms with Gasteiger partial charge in [-0.25, -0.2) is 0 Å². The molecule has 0 aromatic rings. The van der Waals surface area contributed by atoms with E-state index >= 15 is 0 Å². The molecule has 4 heterocycles. The van der Waals surface area contributed by atoms with Gasteiger partial charge in [-0.15, -0.1) is 0 Å². The first-order valence-corrected chi connectivity index (χ1v) is 27.8. The van der Waals surface area contributed by atoms with Gasteiger partial charge in [-0.2, -0.15) is 0 Å². The zero-order chi connectivity index (χ0) is 55.9. The minimum Gasteiger partial charge on any atom is -0.394 e. The number of allylic oxidation sites excluding steroid dienone is 2. The van der Waals surface area contributed by atoms with Crippen molar-refractivity contribution >= 4 is 0 Å². The molecular formula is C54H92O22. The Morgan fingerprint density at radius 1 is 0.592 bits per heavy atom. The van der Waals surface area contributed by atoms with Crippen LogP contribution in [0.4, 0.5) is 0 Å². The maximum atomic E-state index is 12.9. The molecule has 22 heteroatoms. The normalized spacial score (nSPS) is 53.2. The van der Waals surface area contributed by atoms with Crippen molar-refractivity contribution in [3.8, 4) is 0 Å². The van der Waals surface area contributed by atoms with E-state index in [0.717, 1.165) is 31.3 Å². The Bertz CT molecular complexity index is 1980. The van der Waals surface area contributed by atoms with E-state index < -0.39 is 177 Å². The summed E-state index contributed by atoms with van der Waals surface area (Å²) in [6, 6.07) is 0. The molecule has 8 rings (SSSR count). The molecule has 4 saturated carbocycles. The predicted octanol–water partition coefficient (Wildman–Crippen LogP) is -1.17. The third kappa shape index (κ3) is 10.4. The Kier molecular flexibility index (Phi) is 18.4. The van der Waals surface area contributed by atoms with E-state index in [-0.39, 0.29) is 29.1 Å². The van der Waals surface area contributed by atoms with Crippen molar-refractivity contribution in [1.29, 1.82) is 0 Å². The summed E-state index contributed by atoms with van der Waals surface area (Å²) in [5, 5.41) is 152. The van der Waals surface area contributed by atoms with Crippen LogP contribution < -0.4 is 0 Å². The standard InChI is InChI=1S/C54H92O22/c1-23(2)11-10-16-53(8,76-48-44(68)40(64)37(61)29(73-48)22-69-46-42(66)39(63)35(59)27(20-55)71-46)26-14-18-52(7)25(26)12-13-30-51(6)17-15-33(50(4,5)31(51)19-32(57)54(30,52)9)74-49-45(41(65)36(60)28(21-56)72-49)75-47-43(67)38(62)34(58)24(3)70-47/h11,24-49,55-68H,10,12-22H2,1-9H3/t24-,25+,26-,27+,28+,29+,30+,31-,32-,33-,34-,35+,36+,37+,38+,39-,40-,41-,42+,43+,44+,45+,46+,47-,48-,49-,51+,52+,53-,54-/m0/s1. The van der Waals surface area contributed by atoms with Crippen molar-refractivity contribution in [2.45, 2.75) is 261 Å². The molecular weight excluding hydrogens is 1000 g/mol. The summed E-state index contributed by atoms with van der Waals surface area (Å²) in [5.41, 5.74) is -1.77. The average Bonchev–Trinajstić information content (AvgIpc) is 3.94. The predicted molar refractivity (Wildman–Crippen MR) is 265 cm³/mol. The highest BCUT2D eigenvalue weighted by Gasteiger charge is 2.73. The summed E-state index contributed by atoms with van der Waals surface area (Å²) in [6.07, 6.45) is -23.5. The highest BCUT2D eigenvalue weighted by atomic mass is 16.8. The van der Waals surface area contributed by atoms with Gasteiger partial charge in [-0.1, -0.05) is 46.3 Å². The molecule has 76 heavy (non-hydrogen) atoms. The van der Waals surface area contributed by atoms with E-state index in [1.165, 1.54) is 6.92 Å². The quantitative estimate of drug-likeness (QED) is 0.0678. The lowest BCUT2D eigenvalue weighted by atomic mass is 9.34. The van der Waals surface area contributed by atoms with Crippen LogP contribution >= 0.6 is 0 Å². The van der Waals surface area contributed by atoms with Gasteiger partial charge in [0.25, 0.3) is 0 Å². The van der Waals surface area contributed by atoms with Gasteiger partial charge < -0.3 is 109 Å². The molecule has 0 aromatic carbocycles. The summed E-state index contributed by atoms with van der Waals surface area (Å²) in [4.78, 5) is 0. The minimum atomic E-state index is -1.73. The van der Waals surface area contributed by atoms with Crippen LogP contribution in [0.2, 0.25) is 0 Å². The molecule has 0 unspecified atom stereocenters. The van der Waals surface area contributed by atoms with Gasteiger partial charge in [0.15, 0.2) is 25.2 Å². The number of aliphatic hydroxyl groups is 14. The van der Waals surface area contributed by atoms with Gasteiger partial charge in [-0.3, -0.25) is 0 Å². The van der Waals surface area contributed by atoms with Crippen LogP contribution in [-0.4, -0.2) is 232 Å². The zero-order valence-electron chi connectivity index (χ0n) is 45.6. The largest absolute Gasteiger partial charge is 0.394 e. The van der Waals surface area contributed by atoms with Crippen molar-refractivity contribution in [3.05, 3.63) is 11.6 Å². The molecule has 8 fully saturated rings. The van der Waals surface area contributed by atoms with Crippen molar-refractivity contribution in [1.82, 2.24) is 0 Å². The molecule has 30 atom stereocenters. The summed E-state index contributed by atoms with van der Waals surface area (Å²) in [7, 11) is 0. The molecule has 0 spiro atoms. The number of rotatable bonds is 15. The SMILES string of the molecule is CC(C)=CCC[C@](C)(O[C@@H]1O[C@H](CO[C@@H]2O[C@H](CO)[C@@H](O)[C@H](O)[C@H]2O)[C@@H](O)[C@H](O)[C@H]1O)[C@H]1CC[C@]2(C)[C@@H]1CC[C@@H]1[C@@]3(C)CC[C@H](O[C@@H]4O[C@H](CO)[C@@H](O)[C@H](O)[C@H]4O[C@@H]4O[C@@H](C)[C@H](O)[C@@H](O)[C@H]4O)C(C)(C)[C@@H]3C[C@H](O)[C@]12C. The fourth-order valence-corrected chi connectivity index (χ4v) is 16.2. The third-order valence-corrected chi connectivity index (χ3v) is 20.9. The fraction of sp³-hybridized carbons (Fsp3) is 0.963. The number of aliphatic hydroxyl groups excluding tert-OH is 14. The first kappa shape index (κ1) is 60.9. The van der Waals surface area contributed by atoms with E-state index in [1.54, 1.807) is 0 Å². The van der Waals surface area contributed by atoms with Gasteiger partial charge in [0.05, 0.1) is 43.7 Å². The fourth-order valence-electron chi connectivity index (χ4n) is 16.2. The van der Waals surface area contributed by atoms with E-state index in [2.05, 4.69) is 40.7 Å². The molecule has 0 radical (unpaired) electrons. The molecule has 14 N–H and O–H groups in total. The molecule has 4 aliphatic carbocycles. The molecule has 8 aliphatic rings. The summed E-state index contributed by atoms with van der Waals surface area (Å²) in [6.45, 7) is 16.8. The maximum absolute atomic E-state index is 12.9. The van der Waals surface area contributed by atoms with Crippen molar-refractivity contribution in [2.24, 2.45) is 45.3 Å². The summed E-state index contributed by atoms with van der Waals surface area (Å²) < 4.78 is 49.1. The Morgan fingerprint density at radius 2 is 1.16 bits per heavy atom. The second-order valence-electron chi connectivity index (χ2n) is 25.7. The van der Waals surface area contributed by atoms with Crippen LogP contribution in [0.5, 0.6) is 0 Å². The van der Waals surface area contributed by atoms with Crippen LogP contribution in [0.15, 0.2) is 11.6 Å². The molecule has 4 aliphatic heterocycles. The van der Waals surface area contributed by atoms with Crippen LogP contribution in [0.25, 0.3) is 0 Å². The number of hydrogen-bond donors (Lipinski definition) is 14. The monoisotopic (exact) mass is 1090 g/mol. The lowest BCUT2D eigenvalue weighted by molar-refractivity contribution is -0.377. The number of ether oxygens (including phenoxy) is 8. The van der Waals surface area contributed by atoms with Gasteiger partial charge in [0.1, 0.15) is 91.6 Å². The summed E-state index contributed by atoms with van der Waals surface area (Å²) >= 11 is 0. The molecule has 4 saturated heterocycles. The van der Waals surface area contributed by atoms with Crippen molar-refractivity contribution in [3.63, 3.8) is 0 Å². The highest BCUT2D eigenvalue weighted by Crippen LogP contribution is 2.76. The zero-order valence-corrected chi connectivity index (χ0v) is 45.6. The molecule has 440 valence electrons. The Labute approximate surface area is 445 Å². The van der Waals surface area contributed by atoms with E-state index in [4.69, 9.17) is 37.9 Å². The van der Waals surface area contributed by atoms with Crippen molar-refractivity contribution in [2.75, 3.05) is 19.8 Å². The van der Waals surface area contributed by atoms with E-state index in [1.807, 2.05) is 20.8 Å². The van der Waals surface area contributed by atoms with Gasteiger partial charge in [0, 0.05) is 5.41 Å². The second kappa shape index (κ2) is 22.9. The smallest absolute Gasteiger partial charge is 0.187 e. The second-order valence-corrected chi connectivity index (χ2v) is 25.7. The number of hydrogen-bond acceptors (Lipinski definition) is 22. The molecule has 0 bridgehead atoms. The van der Waals surface area contributed by atoms with Gasteiger partial charge in [-0.05, 0) is 125 Å². The lowest BCUT2D eigenvalue weighted by Gasteiger charge is -2.71. The first-order chi connectivity index (χ1) is 35.5. The molecule has 0 aromatic heterocycles. The minimum absolute atomic E-state index is 0.0372. The Balaban J connectivity index is 1.01. The Morgan fingerprint density at radius 3 is 1.79 bits per heavy atom. The lowest BCUT2D eigenvalue weighted by Crippen LogP contribution is -2.69. The van der Waals surface area contributed by atoms with Crippen LogP contribution in [0.1, 0.15) is 120 Å². The number of fused-ring (bicyclic) bond motifs is 5. The average molecular weight is 1090 g/mol. The van der Waals surface area contributed by atoms with Crippen LogP contribution in [0.3, 0.4) is 0 Å². The third-order valence-electron chi connectivity index (χ3n) is 20.9. The molecule has 22 nitrogen and oxygen atoms in total. The van der Waals surface area contributed by atoms with Gasteiger partial charge in [0.2, 0.25) is 0 Å². The van der Waals surface area contributed by atoms with Crippen LogP contribution in [0, 0.1) is 45.3 Å². The highest BCUT2D eigenvalue weighted by molar-refractivity contribution is 5.21. The molecule has 0 amide bonds. The van der Waals surface area contributed by atoms with Gasteiger partial charge >= 0.3 is 0 Å². The topological polar surface area (TPSA) is 357 Å². The first-order valence-electron chi connectivity index (χ1n) is 27.8. The van der Waals surface area contributed by atoms with E-state index in [9.17, 15) is 71.5 Å². The van der Waals surface area contributed by atoms with Crippen LogP contribution in [-0.2, 0) is 37.9 Å². The van der Waals surface area contributed by atoms with E-state index in [0.29, 0.717) is 32.1 Å². The summed E-state index contributed by atoms with van der Waals surface area (Å²) in [5.74, 6) is -0.0981. The maximum Gasteiger partial charge on any atom is 0.187 e. The van der Waals surface area contributed by atoms with Crippen molar-refractivity contribution < 1.29 is 109 Å². The Hall–Kier alpha value is -1.14.